The SMILES string of the molecule is O=C1C(O)CCN1CCc1c[nH]c2ccccc12. The Morgan fingerprint density at radius 1 is 1.39 bits per heavy atom. The maximum absolute atomic E-state index is 11.6. The lowest BCUT2D eigenvalue weighted by atomic mass is 10.1. The lowest BCUT2D eigenvalue weighted by Crippen LogP contribution is -2.31. The van der Waals surface area contributed by atoms with Gasteiger partial charge in [0.05, 0.1) is 0 Å². The van der Waals surface area contributed by atoms with Gasteiger partial charge in [0.15, 0.2) is 0 Å². The number of rotatable bonds is 3. The van der Waals surface area contributed by atoms with E-state index in [0.29, 0.717) is 19.5 Å². The molecule has 0 radical (unpaired) electrons. The number of aromatic nitrogens is 1. The highest BCUT2D eigenvalue weighted by molar-refractivity contribution is 5.84. The second-order valence-electron chi connectivity index (χ2n) is 4.74. The number of likely N-dealkylation sites (tertiary alicyclic amines) is 1. The average Bonchev–Trinajstić information content (AvgIpc) is 2.94. The van der Waals surface area contributed by atoms with Gasteiger partial charge in [-0.3, -0.25) is 4.79 Å². The summed E-state index contributed by atoms with van der Waals surface area (Å²) in [6, 6.07) is 8.15. The van der Waals surface area contributed by atoms with Crippen LogP contribution in [0.5, 0.6) is 0 Å². The molecule has 1 fully saturated rings. The molecule has 0 spiro atoms. The number of hydrogen-bond donors (Lipinski definition) is 2. The van der Waals surface area contributed by atoms with Gasteiger partial charge in [0.25, 0.3) is 5.91 Å². The van der Waals surface area contributed by atoms with Gasteiger partial charge in [0, 0.05) is 30.2 Å². The fourth-order valence-electron chi connectivity index (χ4n) is 2.54. The van der Waals surface area contributed by atoms with E-state index >= 15 is 0 Å². The molecule has 94 valence electrons. The van der Waals surface area contributed by atoms with E-state index in [1.165, 1.54) is 10.9 Å². The number of hydrogen-bond acceptors (Lipinski definition) is 2. The van der Waals surface area contributed by atoms with Gasteiger partial charge >= 0.3 is 0 Å². The number of para-hydroxylation sites is 1. The molecule has 0 bridgehead atoms. The fraction of sp³-hybridized carbons (Fsp3) is 0.357. The van der Waals surface area contributed by atoms with Crippen molar-refractivity contribution in [3.63, 3.8) is 0 Å². The molecule has 1 unspecified atom stereocenters. The third-order valence-corrected chi connectivity index (χ3v) is 3.60. The summed E-state index contributed by atoms with van der Waals surface area (Å²) in [7, 11) is 0. The first-order chi connectivity index (χ1) is 8.75. The molecule has 4 heteroatoms. The van der Waals surface area contributed by atoms with Gasteiger partial charge < -0.3 is 15.0 Å². The van der Waals surface area contributed by atoms with Gasteiger partial charge in [-0.25, -0.2) is 0 Å². The Morgan fingerprint density at radius 2 is 2.22 bits per heavy atom. The van der Waals surface area contributed by atoms with Crippen LogP contribution in [-0.4, -0.2) is 40.1 Å². The number of aliphatic hydroxyl groups is 1. The molecule has 0 saturated carbocycles. The molecule has 1 aliphatic rings. The molecule has 1 aliphatic heterocycles. The first kappa shape index (κ1) is 11.3. The van der Waals surface area contributed by atoms with Crippen LogP contribution in [0, 0.1) is 0 Å². The third kappa shape index (κ3) is 1.88. The number of carbonyl (C=O) groups excluding carboxylic acids is 1. The normalized spacial score (nSPS) is 19.9. The van der Waals surface area contributed by atoms with E-state index in [1.54, 1.807) is 4.90 Å². The quantitative estimate of drug-likeness (QED) is 0.855. The Hall–Kier alpha value is -1.81. The Bertz CT molecular complexity index is 576. The number of carbonyl (C=O) groups is 1. The highest BCUT2D eigenvalue weighted by atomic mass is 16.3. The van der Waals surface area contributed by atoms with E-state index in [1.807, 2.05) is 24.4 Å². The van der Waals surface area contributed by atoms with Crippen LogP contribution in [0.25, 0.3) is 10.9 Å². The zero-order chi connectivity index (χ0) is 12.5. The van der Waals surface area contributed by atoms with Gasteiger partial charge in [-0.2, -0.15) is 0 Å². The molecule has 1 amide bonds. The molecule has 1 aromatic carbocycles. The summed E-state index contributed by atoms with van der Waals surface area (Å²) >= 11 is 0. The van der Waals surface area contributed by atoms with Crippen LogP contribution in [0.1, 0.15) is 12.0 Å². The average molecular weight is 244 g/mol. The van der Waals surface area contributed by atoms with Crippen molar-refractivity contribution < 1.29 is 9.90 Å². The lowest BCUT2D eigenvalue weighted by Gasteiger charge is -2.15. The van der Waals surface area contributed by atoms with Crippen LogP contribution in [0.2, 0.25) is 0 Å². The van der Waals surface area contributed by atoms with Gasteiger partial charge in [-0.1, -0.05) is 18.2 Å². The van der Waals surface area contributed by atoms with Crippen LogP contribution in [0.3, 0.4) is 0 Å². The molecule has 1 saturated heterocycles. The molecule has 0 aliphatic carbocycles. The molecule has 1 atom stereocenters. The number of fused-ring (bicyclic) bond motifs is 1. The number of H-pyrrole nitrogens is 1. The molecular formula is C14H16N2O2. The lowest BCUT2D eigenvalue weighted by molar-refractivity contribution is -0.134. The summed E-state index contributed by atoms with van der Waals surface area (Å²) in [5.74, 6) is -0.130. The van der Waals surface area contributed by atoms with E-state index in [-0.39, 0.29) is 5.91 Å². The topological polar surface area (TPSA) is 56.3 Å². The van der Waals surface area contributed by atoms with Crippen LogP contribution >= 0.6 is 0 Å². The maximum Gasteiger partial charge on any atom is 0.251 e. The van der Waals surface area contributed by atoms with Crippen molar-refractivity contribution in [3.8, 4) is 0 Å². The first-order valence-electron chi connectivity index (χ1n) is 6.27. The molecule has 2 heterocycles. The van der Waals surface area contributed by atoms with Gasteiger partial charge in [0.2, 0.25) is 0 Å². The number of aromatic amines is 1. The summed E-state index contributed by atoms with van der Waals surface area (Å²) in [5, 5.41) is 10.6. The minimum atomic E-state index is -0.784. The second-order valence-corrected chi connectivity index (χ2v) is 4.74. The van der Waals surface area contributed by atoms with Crippen molar-refractivity contribution in [2.75, 3.05) is 13.1 Å². The Kier molecular flexibility index (Phi) is 2.80. The van der Waals surface area contributed by atoms with Crippen LogP contribution in [0.15, 0.2) is 30.5 Å². The molecule has 4 nitrogen and oxygen atoms in total. The number of aliphatic hydroxyl groups excluding tert-OH is 1. The first-order valence-corrected chi connectivity index (χ1v) is 6.27. The summed E-state index contributed by atoms with van der Waals surface area (Å²) in [5.41, 5.74) is 2.35. The predicted molar refractivity (Wildman–Crippen MR) is 69.2 cm³/mol. The standard InChI is InChI=1S/C14H16N2O2/c17-13-6-8-16(14(13)18)7-5-10-9-15-12-4-2-1-3-11(10)12/h1-4,9,13,15,17H,5-8H2. The largest absolute Gasteiger partial charge is 0.383 e. The van der Waals surface area contributed by atoms with Crippen molar-refractivity contribution in [1.82, 2.24) is 9.88 Å². The van der Waals surface area contributed by atoms with Gasteiger partial charge in [0.1, 0.15) is 6.10 Å². The Labute approximate surface area is 105 Å². The van der Waals surface area contributed by atoms with Crippen LogP contribution in [-0.2, 0) is 11.2 Å². The van der Waals surface area contributed by atoms with E-state index in [4.69, 9.17) is 0 Å². The highest BCUT2D eigenvalue weighted by Crippen LogP contribution is 2.19. The fourth-order valence-corrected chi connectivity index (χ4v) is 2.54. The monoisotopic (exact) mass is 244 g/mol. The minimum absolute atomic E-state index is 0.130. The van der Waals surface area contributed by atoms with E-state index in [2.05, 4.69) is 11.1 Å². The minimum Gasteiger partial charge on any atom is -0.383 e. The smallest absolute Gasteiger partial charge is 0.251 e. The maximum atomic E-state index is 11.6. The summed E-state index contributed by atoms with van der Waals surface area (Å²) < 4.78 is 0. The molecule has 18 heavy (non-hydrogen) atoms. The summed E-state index contributed by atoms with van der Waals surface area (Å²) in [6.07, 6.45) is 2.60. The number of nitrogens with one attached hydrogen (secondary N) is 1. The van der Waals surface area contributed by atoms with Crippen molar-refractivity contribution in [2.24, 2.45) is 0 Å². The van der Waals surface area contributed by atoms with Crippen molar-refractivity contribution in [1.29, 1.82) is 0 Å². The van der Waals surface area contributed by atoms with Crippen molar-refractivity contribution >= 4 is 16.8 Å². The van der Waals surface area contributed by atoms with E-state index in [9.17, 15) is 9.90 Å². The van der Waals surface area contributed by atoms with Crippen molar-refractivity contribution in [3.05, 3.63) is 36.0 Å². The number of nitrogens with zero attached hydrogens (tertiary/aromatic N) is 1. The van der Waals surface area contributed by atoms with Gasteiger partial charge in [-0.15, -0.1) is 0 Å². The zero-order valence-corrected chi connectivity index (χ0v) is 10.1. The number of benzene rings is 1. The van der Waals surface area contributed by atoms with Crippen LogP contribution in [0.4, 0.5) is 0 Å². The van der Waals surface area contributed by atoms with Gasteiger partial charge in [-0.05, 0) is 24.5 Å². The van der Waals surface area contributed by atoms with Crippen LogP contribution < -0.4 is 0 Å². The summed E-state index contributed by atoms with van der Waals surface area (Å²) in [6.45, 7) is 1.35. The predicted octanol–water partition coefficient (Wildman–Crippen LogP) is 1.30. The Balaban J connectivity index is 1.72. The van der Waals surface area contributed by atoms with E-state index in [0.717, 1.165) is 11.9 Å². The van der Waals surface area contributed by atoms with Crippen molar-refractivity contribution in [2.45, 2.75) is 18.9 Å². The number of amides is 1. The molecule has 1 aromatic heterocycles. The zero-order valence-electron chi connectivity index (χ0n) is 10.1. The molecule has 3 rings (SSSR count). The molecular weight excluding hydrogens is 228 g/mol. The molecule has 2 N–H and O–H groups in total. The van der Waals surface area contributed by atoms with E-state index < -0.39 is 6.10 Å². The summed E-state index contributed by atoms with van der Waals surface area (Å²) in [4.78, 5) is 16.6. The molecule has 2 aromatic rings. The third-order valence-electron chi connectivity index (χ3n) is 3.60. The Morgan fingerprint density at radius 3 is 3.00 bits per heavy atom. The highest BCUT2D eigenvalue weighted by Gasteiger charge is 2.29. The second kappa shape index (κ2) is 4.46.